The van der Waals surface area contributed by atoms with Crippen LogP contribution in [0.2, 0.25) is 0 Å². The summed E-state index contributed by atoms with van der Waals surface area (Å²) in [5, 5.41) is 12.2. The van der Waals surface area contributed by atoms with Crippen LogP contribution in [0, 0.1) is 0 Å². The van der Waals surface area contributed by atoms with E-state index < -0.39 is 5.97 Å². The van der Waals surface area contributed by atoms with Crippen LogP contribution in [0.25, 0.3) is 0 Å². The van der Waals surface area contributed by atoms with Crippen LogP contribution in [-0.2, 0) is 6.54 Å². The van der Waals surface area contributed by atoms with E-state index in [9.17, 15) is 4.79 Å². The summed E-state index contributed by atoms with van der Waals surface area (Å²) in [4.78, 5) is 13.1. The maximum Gasteiger partial charge on any atom is 0.339 e. The minimum atomic E-state index is -0.954. The van der Waals surface area contributed by atoms with E-state index in [4.69, 9.17) is 9.52 Å². The Labute approximate surface area is 124 Å². The van der Waals surface area contributed by atoms with E-state index in [1.54, 1.807) is 0 Å². The van der Waals surface area contributed by atoms with Gasteiger partial charge in [-0.15, -0.1) is 0 Å². The molecule has 0 spiro atoms. The Hall–Kier alpha value is -2.27. The molecule has 0 aliphatic carbocycles. The first-order valence-corrected chi connectivity index (χ1v) is 6.95. The van der Waals surface area contributed by atoms with Gasteiger partial charge in [-0.25, -0.2) is 4.79 Å². The molecule has 1 heterocycles. The molecule has 0 unspecified atom stereocenters. The van der Waals surface area contributed by atoms with E-state index in [1.165, 1.54) is 18.0 Å². The van der Waals surface area contributed by atoms with Crippen molar-refractivity contribution < 1.29 is 14.3 Å². The number of furan rings is 1. The van der Waals surface area contributed by atoms with Crippen LogP contribution in [0.3, 0.4) is 0 Å². The topological polar surface area (TPSA) is 65.7 Å². The molecule has 0 fully saturated rings. The van der Waals surface area contributed by atoms with Gasteiger partial charge in [-0.1, -0.05) is 18.2 Å². The average Bonchev–Trinajstić information content (AvgIpc) is 2.96. The lowest BCUT2D eigenvalue weighted by Gasteiger charge is -2.19. The summed E-state index contributed by atoms with van der Waals surface area (Å²) >= 11 is 0. The number of anilines is 1. The molecule has 1 aromatic heterocycles. The highest BCUT2D eigenvalue weighted by Gasteiger charge is 2.12. The number of hydrogen-bond donors (Lipinski definition) is 2. The molecular weight excluding hydrogens is 268 g/mol. The van der Waals surface area contributed by atoms with Crippen LogP contribution < -0.4 is 10.2 Å². The smallest absolute Gasteiger partial charge is 0.339 e. The van der Waals surface area contributed by atoms with Gasteiger partial charge in [0, 0.05) is 19.3 Å². The second-order valence-corrected chi connectivity index (χ2v) is 4.85. The second kappa shape index (κ2) is 7.50. The molecule has 112 valence electrons. The normalized spacial score (nSPS) is 10.5. The van der Waals surface area contributed by atoms with Crippen LogP contribution in [0.1, 0.15) is 22.5 Å². The third-order valence-corrected chi connectivity index (χ3v) is 3.31. The average molecular weight is 288 g/mol. The van der Waals surface area contributed by atoms with E-state index in [1.807, 2.05) is 18.2 Å². The van der Waals surface area contributed by atoms with Crippen molar-refractivity contribution in [1.82, 2.24) is 5.32 Å². The molecule has 5 nitrogen and oxygen atoms in total. The van der Waals surface area contributed by atoms with E-state index in [-0.39, 0.29) is 5.56 Å². The van der Waals surface area contributed by atoms with Gasteiger partial charge < -0.3 is 19.7 Å². The molecule has 2 N–H and O–H groups in total. The maximum atomic E-state index is 10.9. The highest BCUT2D eigenvalue weighted by atomic mass is 16.4. The highest BCUT2D eigenvalue weighted by molar-refractivity contribution is 5.88. The summed E-state index contributed by atoms with van der Waals surface area (Å²) in [7, 11) is 2.06. The lowest BCUT2D eigenvalue weighted by atomic mass is 10.2. The van der Waals surface area contributed by atoms with E-state index in [0.717, 1.165) is 19.5 Å². The van der Waals surface area contributed by atoms with Crippen LogP contribution >= 0.6 is 0 Å². The zero-order chi connectivity index (χ0) is 15.1. The van der Waals surface area contributed by atoms with Gasteiger partial charge in [0.05, 0.1) is 12.8 Å². The minimum Gasteiger partial charge on any atom is -0.478 e. The molecular formula is C16H20N2O3. The second-order valence-electron chi connectivity index (χ2n) is 4.85. The lowest BCUT2D eigenvalue weighted by molar-refractivity contribution is 0.0694. The molecule has 0 bridgehead atoms. The summed E-state index contributed by atoms with van der Waals surface area (Å²) in [6, 6.07) is 11.7. The monoisotopic (exact) mass is 288 g/mol. The fourth-order valence-corrected chi connectivity index (χ4v) is 2.12. The number of hydrogen-bond acceptors (Lipinski definition) is 4. The quantitative estimate of drug-likeness (QED) is 0.731. The number of para-hydroxylation sites is 1. The van der Waals surface area contributed by atoms with Crippen molar-refractivity contribution in [2.45, 2.75) is 13.0 Å². The van der Waals surface area contributed by atoms with Crippen molar-refractivity contribution in [2.24, 2.45) is 0 Å². The minimum absolute atomic E-state index is 0.226. The van der Waals surface area contributed by atoms with E-state index in [0.29, 0.717) is 12.3 Å². The maximum absolute atomic E-state index is 10.9. The van der Waals surface area contributed by atoms with Gasteiger partial charge in [0.1, 0.15) is 11.3 Å². The molecule has 0 radical (unpaired) electrons. The summed E-state index contributed by atoms with van der Waals surface area (Å²) in [5.74, 6) is -0.483. The molecule has 5 heteroatoms. The SMILES string of the molecule is CN(CCCNCc1occc1C(=O)O)c1ccccc1. The fraction of sp³-hybridized carbons (Fsp3) is 0.312. The first kappa shape index (κ1) is 15.1. The number of carboxylic acids is 1. The molecule has 0 atom stereocenters. The standard InChI is InChI=1S/C16H20N2O3/c1-18(13-6-3-2-4-7-13)10-5-9-17-12-15-14(16(19)20)8-11-21-15/h2-4,6-8,11,17H,5,9-10,12H2,1H3,(H,19,20). The predicted molar refractivity (Wildman–Crippen MR) is 81.7 cm³/mol. The number of aromatic carboxylic acids is 1. The Bertz CT molecular complexity index is 566. The highest BCUT2D eigenvalue weighted by Crippen LogP contribution is 2.11. The van der Waals surface area contributed by atoms with E-state index in [2.05, 4.69) is 29.4 Å². The first-order valence-electron chi connectivity index (χ1n) is 6.95. The van der Waals surface area contributed by atoms with E-state index >= 15 is 0 Å². The third-order valence-electron chi connectivity index (χ3n) is 3.31. The summed E-state index contributed by atoms with van der Waals surface area (Å²) < 4.78 is 5.17. The van der Waals surface area contributed by atoms with Crippen molar-refractivity contribution >= 4 is 11.7 Å². The first-order chi connectivity index (χ1) is 10.2. The molecule has 0 aliphatic rings. The predicted octanol–water partition coefficient (Wildman–Crippen LogP) is 2.59. The van der Waals surface area contributed by atoms with Crippen molar-refractivity contribution in [3.63, 3.8) is 0 Å². The largest absolute Gasteiger partial charge is 0.478 e. The van der Waals surface area contributed by atoms with Gasteiger partial charge in [-0.2, -0.15) is 0 Å². The number of benzene rings is 1. The molecule has 21 heavy (non-hydrogen) atoms. The Morgan fingerprint density at radius 2 is 2.05 bits per heavy atom. The van der Waals surface area contributed by atoms with Gasteiger partial charge in [-0.05, 0) is 31.2 Å². The Morgan fingerprint density at radius 3 is 2.76 bits per heavy atom. The zero-order valence-electron chi connectivity index (χ0n) is 12.1. The molecule has 2 aromatic rings. The zero-order valence-corrected chi connectivity index (χ0v) is 12.1. The summed E-state index contributed by atoms with van der Waals surface area (Å²) in [6.45, 7) is 2.17. The van der Waals surface area contributed by atoms with Gasteiger partial charge in [0.15, 0.2) is 0 Å². The van der Waals surface area contributed by atoms with Gasteiger partial charge in [0.2, 0.25) is 0 Å². The molecule has 2 rings (SSSR count). The Morgan fingerprint density at radius 1 is 1.29 bits per heavy atom. The number of rotatable bonds is 8. The number of carbonyl (C=O) groups is 1. The third kappa shape index (κ3) is 4.36. The van der Waals surface area contributed by atoms with Crippen molar-refractivity contribution in [1.29, 1.82) is 0 Å². The van der Waals surface area contributed by atoms with Crippen LogP contribution in [-0.4, -0.2) is 31.2 Å². The fourth-order valence-electron chi connectivity index (χ4n) is 2.12. The van der Waals surface area contributed by atoms with Gasteiger partial charge in [-0.3, -0.25) is 0 Å². The molecule has 1 aromatic carbocycles. The Balaban J connectivity index is 1.68. The summed E-state index contributed by atoms with van der Waals surface area (Å²) in [5.41, 5.74) is 1.42. The van der Waals surface area contributed by atoms with Gasteiger partial charge >= 0.3 is 5.97 Å². The van der Waals surface area contributed by atoms with Crippen LogP contribution in [0.5, 0.6) is 0 Å². The number of carboxylic acid groups (broad SMARTS) is 1. The van der Waals surface area contributed by atoms with Crippen molar-refractivity contribution in [3.05, 3.63) is 54.0 Å². The number of nitrogens with one attached hydrogen (secondary N) is 1. The molecule has 0 aliphatic heterocycles. The number of nitrogens with zero attached hydrogens (tertiary/aromatic N) is 1. The molecule has 0 amide bonds. The van der Waals surface area contributed by atoms with Crippen molar-refractivity contribution in [2.75, 3.05) is 25.0 Å². The molecule has 0 saturated carbocycles. The van der Waals surface area contributed by atoms with Crippen LogP contribution in [0.4, 0.5) is 5.69 Å². The van der Waals surface area contributed by atoms with Crippen LogP contribution in [0.15, 0.2) is 47.1 Å². The molecule has 0 saturated heterocycles. The van der Waals surface area contributed by atoms with Crippen molar-refractivity contribution in [3.8, 4) is 0 Å². The lowest BCUT2D eigenvalue weighted by Crippen LogP contribution is -2.23. The summed E-state index contributed by atoms with van der Waals surface area (Å²) in [6.07, 6.45) is 2.37. The Kier molecular flexibility index (Phi) is 5.40. The van der Waals surface area contributed by atoms with Gasteiger partial charge in [0.25, 0.3) is 0 Å².